The Bertz CT molecular complexity index is 1270. The van der Waals surface area contributed by atoms with Gasteiger partial charge in [-0.15, -0.1) is 0 Å². The number of aromatic nitrogens is 1. The fourth-order valence-corrected chi connectivity index (χ4v) is 5.67. The van der Waals surface area contributed by atoms with Crippen molar-refractivity contribution >= 4 is 22.7 Å². The third-order valence-corrected chi connectivity index (χ3v) is 7.20. The smallest absolute Gasteiger partial charge is 0.254 e. The van der Waals surface area contributed by atoms with Gasteiger partial charge in [0.25, 0.3) is 5.91 Å². The van der Waals surface area contributed by atoms with Crippen molar-refractivity contribution in [3.8, 4) is 11.5 Å². The van der Waals surface area contributed by atoms with Crippen molar-refractivity contribution in [3.05, 3.63) is 59.3 Å². The number of carbonyl (C=O) groups excluding carboxylic acids is 2. The van der Waals surface area contributed by atoms with Crippen molar-refractivity contribution in [1.29, 1.82) is 0 Å². The highest BCUT2D eigenvalue weighted by Crippen LogP contribution is 2.50. The molecule has 2 amide bonds. The number of aromatic amines is 1. The molecule has 1 aromatic heterocycles. The first-order chi connectivity index (χ1) is 16.4. The van der Waals surface area contributed by atoms with Gasteiger partial charge in [0.2, 0.25) is 5.91 Å². The molecule has 3 heterocycles. The largest absolute Gasteiger partial charge is 0.493 e. The summed E-state index contributed by atoms with van der Waals surface area (Å²) in [6.45, 7) is 7.41. The average molecular weight is 462 g/mol. The maximum Gasteiger partial charge on any atom is 0.254 e. The van der Waals surface area contributed by atoms with E-state index in [2.05, 4.69) is 11.1 Å². The Labute approximate surface area is 199 Å². The van der Waals surface area contributed by atoms with Gasteiger partial charge in [-0.2, -0.15) is 0 Å². The Kier molecular flexibility index (Phi) is 5.50. The molecule has 7 heteroatoms. The molecule has 2 aromatic carbocycles. The van der Waals surface area contributed by atoms with E-state index in [1.807, 2.05) is 57.2 Å². The van der Waals surface area contributed by atoms with Gasteiger partial charge in [0.15, 0.2) is 17.0 Å². The number of nitrogens with one attached hydrogen (secondary N) is 1. The zero-order valence-corrected chi connectivity index (χ0v) is 20.2. The summed E-state index contributed by atoms with van der Waals surface area (Å²) in [5.74, 6) is 1.09. The highest BCUT2D eigenvalue weighted by atomic mass is 16.5. The Morgan fingerprint density at radius 3 is 2.65 bits per heavy atom. The van der Waals surface area contributed by atoms with E-state index in [0.29, 0.717) is 31.2 Å². The van der Waals surface area contributed by atoms with Crippen molar-refractivity contribution in [2.45, 2.75) is 38.6 Å². The highest BCUT2D eigenvalue weighted by molar-refractivity contribution is 6.01. The summed E-state index contributed by atoms with van der Waals surface area (Å²) in [6.07, 6.45) is 0.804. The van der Waals surface area contributed by atoms with Crippen LogP contribution in [0, 0.1) is 0 Å². The molecule has 2 atom stereocenters. The van der Waals surface area contributed by atoms with E-state index in [4.69, 9.17) is 9.47 Å². The first-order valence-electron chi connectivity index (χ1n) is 12.0. The fourth-order valence-electron chi connectivity index (χ4n) is 5.67. The second-order valence-electron chi connectivity index (χ2n) is 9.13. The molecule has 2 aliphatic rings. The van der Waals surface area contributed by atoms with E-state index < -0.39 is 5.54 Å². The van der Waals surface area contributed by atoms with Crippen LogP contribution in [0.15, 0.2) is 42.5 Å². The van der Waals surface area contributed by atoms with Crippen LogP contribution in [0.5, 0.6) is 11.5 Å². The van der Waals surface area contributed by atoms with E-state index >= 15 is 0 Å². The quantitative estimate of drug-likeness (QED) is 0.602. The number of amides is 2. The van der Waals surface area contributed by atoms with Gasteiger partial charge < -0.3 is 24.3 Å². The molecule has 0 spiro atoms. The molecule has 3 aromatic rings. The Hall–Kier alpha value is -3.48. The van der Waals surface area contributed by atoms with Crippen LogP contribution >= 0.6 is 0 Å². The van der Waals surface area contributed by atoms with Gasteiger partial charge in [-0.05, 0) is 38.0 Å². The minimum Gasteiger partial charge on any atom is -0.493 e. The van der Waals surface area contributed by atoms with Gasteiger partial charge >= 0.3 is 0 Å². The number of piperazine rings is 1. The van der Waals surface area contributed by atoms with Crippen molar-refractivity contribution in [1.82, 2.24) is 14.8 Å². The van der Waals surface area contributed by atoms with Crippen LogP contribution < -0.4 is 9.47 Å². The third-order valence-electron chi connectivity index (χ3n) is 7.20. The SMILES string of the molecule is CCCN1CC(=O)N2C[C@@H](c3cccc(OC)c3OCC)c3c([nH]c4ccccc34)[C@@]2(C)C1=O. The number of para-hydroxylation sites is 2. The summed E-state index contributed by atoms with van der Waals surface area (Å²) in [7, 11) is 1.63. The van der Waals surface area contributed by atoms with E-state index in [0.717, 1.165) is 34.1 Å². The van der Waals surface area contributed by atoms with E-state index in [1.165, 1.54) is 0 Å². The van der Waals surface area contributed by atoms with Gasteiger partial charge in [-0.25, -0.2) is 0 Å². The van der Waals surface area contributed by atoms with Crippen LogP contribution in [-0.2, 0) is 15.1 Å². The molecule has 34 heavy (non-hydrogen) atoms. The number of benzene rings is 2. The fraction of sp³-hybridized carbons (Fsp3) is 0.407. The molecule has 0 aliphatic carbocycles. The molecule has 1 N–H and O–H groups in total. The minimum absolute atomic E-state index is 0.0316. The lowest BCUT2D eigenvalue weighted by molar-refractivity contribution is -0.166. The molecule has 0 bridgehead atoms. The molecule has 1 saturated heterocycles. The molecule has 0 radical (unpaired) electrons. The van der Waals surface area contributed by atoms with Gasteiger partial charge in [0, 0.05) is 35.5 Å². The lowest BCUT2D eigenvalue weighted by atomic mass is 9.76. The van der Waals surface area contributed by atoms with Crippen LogP contribution in [0.2, 0.25) is 0 Å². The predicted octanol–water partition coefficient (Wildman–Crippen LogP) is 4.02. The minimum atomic E-state index is -1.08. The zero-order chi connectivity index (χ0) is 24.0. The topological polar surface area (TPSA) is 74.9 Å². The predicted molar refractivity (Wildman–Crippen MR) is 130 cm³/mol. The number of hydrogen-bond donors (Lipinski definition) is 1. The monoisotopic (exact) mass is 461 g/mol. The van der Waals surface area contributed by atoms with E-state index in [9.17, 15) is 9.59 Å². The first-order valence-corrected chi connectivity index (χ1v) is 12.0. The van der Waals surface area contributed by atoms with Crippen molar-refractivity contribution in [2.75, 3.05) is 33.4 Å². The van der Waals surface area contributed by atoms with Crippen LogP contribution in [0.1, 0.15) is 49.9 Å². The molecule has 7 nitrogen and oxygen atoms in total. The number of carbonyl (C=O) groups is 2. The van der Waals surface area contributed by atoms with Crippen LogP contribution in [0.4, 0.5) is 0 Å². The number of nitrogens with zero attached hydrogens (tertiary/aromatic N) is 2. The highest BCUT2D eigenvalue weighted by Gasteiger charge is 2.56. The number of fused-ring (bicyclic) bond motifs is 5. The van der Waals surface area contributed by atoms with Gasteiger partial charge in [-0.3, -0.25) is 9.59 Å². The molecule has 178 valence electrons. The molecule has 0 saturated carbocycles. The van der Waals surface area contributed by atoms with E-state index in [-0.39, 0.29) is 24.3 Å². The second kappa shape index (κ2) is 8.38. The van der Waals surface area contributed by atoms with Crippen LogP contribution in [0.25, 0.3) is 10.9 Å². The number of rotatable bonds is 6. The average Bonchev–Trinajstić information content (AvgIpc) is 3.24. The van der Waals surface area contributed by atoms with Crippen molar-refractivity contribution in [2.24, 2.45) is 0 Å². The zero-order valence-electron chi connectivity index (χ0n) is 20.2. The lowest BCUT2D eigenvalue weighted by Crippen LogP contribution is -2.67. The molecular weight excluding hydrogens is 430 g/mol. The maximum atomic E-state index is 13.8. The Balaban J connectivity index is 1.78. The third kappa shape index (κ3) is 3.10. The van der Waals surface area contributed by atoms with Gasteiger partial charge in [0.05, 0.1) is 26.0 Å². The van der Waals surface area contributed by atoms with Crippen molar-refractivity contribution in [3.63, 3.8) is 0 Å². The van der Waals surface area contributed by atoms with Gasteiger partial charge in [-0.1, -0.05) is 37.3 Å². The lowest BCUT2D eigenvalue weighted by Gasteiger charge is -2.51. The van der Waals surface area contributed by atoms with E-state index in [1.54, 1.807) is 16.9 Å². The van der Waals surface area contributed by atoms with Crippen molar-refractivity contribution < 1.29 is 19.1 Å². The number of methoxy groups -OCH3 is 1. The summed E-state index contributed by atoms with van der Waals surface area (Å²) < 4.78 is 11.7. The van der Waals surface area contributed by atoms with Crippen LogP contribution in [0.3, 0.4) is 0 Å². The van der Waals surface area contributed by atoms with Gasteiger partial charge in [0.1, 0.15) is 0 Å². The normalized spacial score (nSPS) is 22.1. The Morgan fingerprint density at radius 2 is 1.91 bits per heavy atom. The summed E-state index contributed by atoms with van der Waals surface area (Å²) in [6, 6.07) is 14.0. The standard InChI is InChI=1S/C27H31N3O4/c1-5-14-29-16-22(31)30-15-19(17-11-9-13-21(33-4)24(17)34-6-2)23-18-10-7-8-12-20(18)28-25(23)27(30,3)26(29)32/h7-13,19,28H,5-6,14-16H2,1-4H3/t19-,27-/m0/s1. The van der Waals surface area contributed by atoms with Crippen LogP contribution in [-0.4, -0.2) is 59.9 Å². The maximum absolute atomic E-state index is 13.8. The summed E-state index contributed by atoms with van der Waals surface area (Å²) in [4.78, 5) is 34.3. The number of ether oxygens (including phenoxy) is 2. The molecule has 2 aliphatic heterocycles. The second-order valence-corrected chi connectivity index (χ2v) is 9.13. The molecule has 1 fully saturated rings. The summed E-state index contributed by atoms with van der Waals surface area (Å²) >= 11 is 0. The summed E-state index contributed by atoms with van der Waals surface area (Å²) in [5.41, 5.74) is 2.65. The molecular formula is C27H31N3O4. The first kappa shape index (κ1) is 22.3. The number of hydrogen-bond acceptors (Lipinski definition) is 4. The number of H-pyrrole nitrogens is 1. The summed E-state index contributed by atoms with van der Waals surface area (Å²) in [5, 5.41) is 1.06. The Morgan fingerprint density at radius 1 is 1.12 bits per heavy atom. The molecule has 0 unspecified atom stereocenters. The molecule has 5 rings (SSSR count).